The normalized spacial score (nSPS) is 17.8. The van der Waals surface area contributed by atoms with Crippen LogP contribution >= 0.6 is 0 Å². The number of aryl methyl sites for hydroxylation is 1. The first kappa shape index (κ1) is 13.3. The van der Waals surface area contributed by atoms with E-state index in [4.69, 9.17) is 0 Å². The van der Waals surface area contributed by atoms with E-state index in [0.717, 1.165) is 30.6 Å². The monoisotopic (exact) mass is 247 g/mol. The van der Waals surface area contributed by atoms with Crippen LogP contribution in [0.2, 0.25) is 0 Å². The Bertz CT molecular complexity index is 381. The lowest BCUT2D eigenvalue weighted by Crippen LogP contribution is -2.46. The van der Waals surface area contributed by atoms with Gasteiger partial charge in [0.25, 0.3) is 0 Å². The zero-order valence-corrected chi connectivity index (χ0v) is 12.1. The van der Waals surface area contributed by atoms with E-state index >= 15 is 0 Å². The van der Waals surface area contributed by atoms with E-state index in [1.807, 2.05) is 0 Å². The minimum Gasteiger partial charge on any atom is -0.356 e. The number of pyridine rings is 1. The second-order valence-electron chi connectivity index (χ2n) is 5.61. The lowest BCUT2D eigenvalue weighted by atomic mass is 10.0. The summed E-state index contributed by atoms with van der Waals surface area (Å²) in [6.45, 7) is 8.85. The van der Waals surface area contributed by atoms with Crippen LogP contribution in [-0.4, -0.2) is 42.1 Å². The fourth-order valence-electron chi connectivity index (χ4n) is 2.63. The molecular weight excluding hydrogens is 222 g/mol. The van der Waals surface area contributed by atoms with Crippen molar-refractivity contribution in [2.75, 3.05) is 25.0 Å². The molecule has 1 aliphatic heterocycles. The van der Waals surface area contributed by atoms with Crippen LogP contribution in [-0.2, 0) is 0 Å². The molecule has 0 aliphatic carbocycles. The van der Waals surface area contributed by atoms with Gasteiger partial charge in [-0.25, -0.2) is 4.98 Å². The molecule has 1 aliphatic rings. The van der Waals surface area contributed by atoms with Crippen LogP contribution in [0.3, 0.4) is 0 Å². The number of piperidine rings is 1. The molecule has 2 rings (SSSR count). The Morgan fingerprint density at radius 1 is 1.28 bits per heavy atom. The highest BCUT2D eigenvalue weighted by molar-refractivity contribution is 5.39. The van der Waals surface area contributed by atoms with Gasteiger partial charge in [0.1, 0.15) is 5.82 Å². The van der Waals surface area contributed by atoms with Crippen molar-refractivity contribution in [1.82, 2.24) is 9.88 Å². The van der Waals surface area contributed by atoms with Crippen molar-refractivity contribution in [3.8, 4) is 0 Å². The summed E-state index contributed by atoms with van der Waals surface area (Å²) in [7, 11) is 2.25. The molecule has 0 spiro atoms. The van der Waals surface area contributed by atoms with Gasteiger partial charge in [-0.1, -0.05) is 6.07 Å². The summed E-state index contributed by atoms with van der Waals surface area (Å²) in [6.07, 6.45) is 2.48. The average Bonchev–Trinajstić information content (AvgIpc) is 2.38. The molecule has 0 N–H and O–H groups in total. The summed E-state index contributed by atoms with van der Waals surface area (Å²) in [6, 6.07) is 7.65. The van der Waals surface area contributed by atoms with Crippen molar-refractivity contribution in [3.05, 3.63) is 23.9 Å². The van der Waals surface area contributed by atoms with Crippen molar-refractivity contribution in [3.63, 3.8) is 0 Å². The summed E-state index contributed by atoms with van der Waals surface area (Å²) >= 11 is 0. The predicted molar refractivity (Wildman–Crippen MR) is 77.1 cm³/mol. The molecule has 0 radical (unpaired) electrons. The van der Waals surface area contributed by atoms with Crippen LogP contribution < -0.4 is 4.90 Å². The van der Waals surface area contributed by atoms with Gasteiger partial charge in [0, 0.05) is 30.9 Å². The maximum absolute atomic E-state index is 4.61. The largest absolute Gasteiger partial charge is 0.356 e. The number of hydrogen-bond acceptors (Lipinski definition) is 3. The topological polar surface area (TPSA) is 19.4 Å². The van der Waals surface area contributed by atoms with Crippen LogP contribution in [0.15, 0.2) is 18.2 Å². The number of anilines is 1. The summed E-state index contributed by atoms with van der Waals surface area (Å²) < 4.78 is 0. The van der Waals surface area contributed by atoms with Crippen molar-refractivity contribution >= 4 is 5.82 Å². The standard InChI is InChI=1S/C15H25N3/c1-12(2)17(4)14-8-10-18(11-9-14)15-7-5-6-13(3)16-15/h5-7,12,14H,8-11H2,1-4H3. The second kappa shape index (κ2) is 5.70. The Hall–Kier alpha value is -1.09. The van der Waals surface area contributed by atoms with Gasteiger partial charge in [0.05, 0.1) is 0 Å². The van der Waals surface area contributed by atoms with Gasteiger partial charge >= 0.3 is 0 Å². The molecule has 3 heteroatoms. The Kier molecular flexibility index (Phi) is 4.23. The highest BCUT2D eigenvalue weighted by Crippen LogP contribution is 2.21. The minimum atomic E-state index is 0.638. The van der Waals surface area contributed by atoms with Crippen LogP contribution in [0.5, 0.6) is 0 Å². The molecule has 0 bridgehead atoms. The number of aromatic nitrogens is 1. The molecule has 1 aromatic rings. The van der Waals surface area contributed by atoms with Gasteiger partial charge in [-0.3, -0.25) is 0 Å². The number of rotatable bonds is 3. The third-order valence-corrected chi connectivity index (χ3v) is 4.05. The van der Waals surface area contributed by atoms with Gasteiger partial charge in [-0.05, 0) is 52.8 Å². The van der Waals surface area contributed by atoms with Crippen molar-refractivity contribution in [2.24, 2.45) is 0 Å². The molecule has 100 valence electrons. The van der Waals surface area contributed by atoms with Crippen LogP contribution in [0.1, 0.15) is 32.4 Å². The first-order valence-electron chi connectivity index (χ1n) is 6.98. The van der Waals surface area contributed by atoms with Crippen LogP contribution in [0.4, 0.5) is 5.82 Å². The summed E-state index contributed by atoms with van der Waals surface area (Å²) in [5, 5.41) is 0. The Morgan fingerprint density at radius 3 is 2.50 bits per heavy atom. The van der Waals surface area contributed by atoms with Gasteiger partial charge in [0.15, 0.2) is 0 Å². The molecule has 1 saturated heterocycles. The number of hydrogen-bond donors (Lipinski definition) is 0. The SMILES string of the molecule is Cc1cccc(N2CCC(N(C)C(C)C)CC2)n1. The van der Waals surface area contributed by atoms with Crippen molar-refractivity contribution in [2.45, 2.75) is 45.7 Å². The Balaban J connectivity index is 1.94. The summed E-state index contributed by atoms with van der Waals surface area (Å²) in [5.74, 6) is 1.14. The lowest BCUT2D eigenvalue weighted by Gasteiger charge is -2.39. The molecule has 0 atom stereocenters. The molecule has 2 heterocycles. The molecule has 1 fully saturated rings. The van der Waals surface area contributed by atoms with Gasteiger partial charge in [-0.2, -0.15) is 0 Å². The van der Waals surface area contributed by atoms with Crippen molar-refractivity contribution < 1.29 is 0 Å². The first-order chi connectivity index (χ1) is 8.58. The van der Waals surface area contributed by atoms with E-state index in [0.29, 0.717) is 6.04 Å². The number of nitrogens with zero attached hydrogens (tertiary/aromatic N) is 3. The third kappa shape index (κ3) is 3.02. The first-order valence-corrected chi connectivity index (χ1v) is 6.98. The third-order valence-electron chi connectivity index (χ3n) is 4.05. The predicted octanol–water partition coefficient (Wildman–Crippen LogP) is 2.70. The van der Waals surface area contributed by atoms with E-state index in [1.54, 1.807) is 0 Å². The molecule has 18 heavy (non-hydrogen) atoms. The van der Waals surface area contributed by atoms with Crippen LogP contribution in [0, 0.1) is 6.92 Å². The van der Waals surface area contributed by atoms with Crippen molar-refractivity contribution in [1.29, 1.82) is 0 Å². The van der Waals surface area contributed by atoms with E-state index in [-0.39, 0.29) is 0 Å². The van der Waals surface area contributed by atoms with Gasteiger partial charge < -0.3 is 9.80 Å². The maximum atomic E-state index is 4.61. The zero-order chi connectivity index (χ0) is 13.1. The second-order valence-corrected chi connectivity index (χ2v) is 5.61. The highest BCUT2D eigenvalue weighted by atomic mass is 15.2. The molecule has 3 nitrogen and oxygen atoms in total. The summed E-state index contributed by atoms with van der Waals surface area (Å²) in [4.78, 5) is 9.53. The van der Waals surface area contributed by atoms with Gasteiger partial charge in [-0.15, -0.1) is 0 Å². The van der Waals surface area contributed by atoms with E-state index < -0.39 is 0 Å². The average molecular weight is 247 g/mol. The zero-order valence-electron chi connectivity index (χ0n) is 12.1. The fraction of sp³-hybridized carbons (Fsp3) is 0.667. The van der Waals surface area contributed by atoms with E-state index in [2.05, 4.69) is 60.8 Å². The van der Waals surface area contributed by atoms with Gasteiger partial charge in [0.2, 0.25) is 0 Å². The Labute approximate surface area is 111 Å². The fourth-order valence-corrected chi connectivity index (χ4v) is 2.63. The Morgan fingerprint density at radius 2 is 1.94 bits per heavy atom. The highest BCUT2D eigenvalue weighted by Gasteiger charge is 2.24. The summed E-state index contributed by atoms with van der Waals surface area (Å²) in [5.41, 5.74) is 1.11. The molecule has 1 aromatic heterocycles. The molecular formula is C15H25N3. The molecule has 0 aromatic carbocycles. The smallest absolute Gasteiger partial charge is 0.128 e. The maximum Gasteiger partial charge on any atom is 0.128 e. The lowest BCUT2D eigenvalue weighted by molar-refractivity contribution is 0.168. The van der Waals surface area contributed by atoms with Crippen LogP contribution in [0.25, 0.3) is 0 Å². The molecule has 0 amide bonds. The minimum absolute atomic E-state index is 0.638. The van der Waals surface area contributed by atoms with E-state index in [9.17, 15) is 0 Å². The van der Waals surface area contributed by atoms with E-state index in [1.165, 1.54) is 12.8 Å². The molecule has 0 saturated carbocycles. The molecule has 0 unspecified atom stereocenters. The quantitative estimate of drug-likeness (QED) is 0.818.